The highest BCUT2D eigenvalue weighted by atomic mass is 32.2. The van der Waals surface area contributed by atoms with Crippen molar-refractivity contribution in [2.45, 2.75) is 37.7 Å². The van der Waals surface area contributed by atoms with E-state index in [1.807, 2.05) is 43.3 Å². The lowest BCUT2D eigenvalue weighted by Gasteiger charge is -2.41. The average Bonchev–Trinajstić information content (AvgIpc) is 3.60. The lowest BCUT2D eigenvalue weighted by Crippen LogP contribution is -2.53. The van der Waals surface area contributed by atoms with Crippen LogP contribution in [0.5, 0.6) is 0 Å². The summed E-state index contributed by atoms with van der Waals surface area (Å²) in [5.41, 5.74) is 3.94. The van der Waals surface area contributed by atoms with Gasteiger partial charge in [-0.15, -0.1) is 0 Å². The minimum atomic E-state index is -3.59. The van der Waals surface area contributed by atoms with Crippen LogP contribution in [0.15, 0.2) is 36.4 Å². The molecule has 1 aliphatic heterocycles. The Hall–Kier alpha value is -2.95. The number of nitrogens with one attached hydrogen (secondary N) is 1. The van der Waals surface area contributed by atoms with Crippen molar-refractivity contribution in [1.82, 2.24) is 15.1 Å². The molecular weight excluding hydrogens is 480 g/mol. The molecular formula is C26H32N4O5S. The summed E-state index contributed by atoms with van der Waals surface area (Å²) in [4.78, 5) is 13.0. The second kappa shape index (κ2) is 9.17. The molecule has 1 saturated carbocycles. The number of carbonyl (C=O) groups excluding carboxylic acids is 1. The third-order valence-corrected chi connectivity index (χ3v) is 8.34. The zero-order chi connectivity index (χ0) is 25.7. The van der Waals surface area contributed by atoms with E-state index in [4.69, 9.17) is 14.6 Å². The Morgan fingerprint density at radius 2 is 1.94 bits per heavy atom. The second-order valence-electron chi connectivity index (χ2n) is 9.84. The molecule has 1 aliphatic carbocycles. The van der Waals surface area contributed by atoms with E-state index < -0.39 is 15.6 Å². The van der Waals surface area contributed by atoms with Crippen LogP contribution in [-0.4, -0.2) is 69.9 Å². The molecule has 1 N–H and O–H groups in total. The van der Waals surface area contributed by atoms with E-state index in [1.54, 1.807) is 18.8 Å². The summed E-state index contributed by atoms with van der Waals surface area (Å²) in [7, 11) is -0.361. The van der Waals surface area contributed by atoms with Gasteiger partial charge in [0, 0.05) is 26.1 Å². The van der Waals surface area contributed by atoms with Crippen molar-refractivity contribution in [2.75, 3.05) is 44.5 Å². The Balaban J connectivity index is 1.66. The number of rotatable bonds is 9. The quantitative estimate of drug-likeness (QED) is 0.473. The number of carbonyl (C=O) groups is 1. The van der Waals surface area contributed by atoms with E-state index in [-0.39, 0.29) is 18.4 Å². The van der Waals surface area contributed by atoms with Gasteiger partial charge in [-0.05, 0) is 61.9 Å². The normalized spacial score (nSPS) is 17.1. The first-order valence-corrected chi connectivity index (χ1v) is 14.0. The van der Waals surface area contributed by atoms with Crippen LogP contribution in [-0.2, 0) is 19.5 Å². The number of aryl methyl sites for hydroxylation is 1. The summed E-state index contributed by atoms with van der Waals surface area (Å²) in [5.74, 6) is -0.00288. The minimum Gasteiger partial charge on any atom is -0.375 e. The molecule has 36 heavy (non-hydrogen) atoms. The molecule has 0 atom stereocenters. The van der Waals surface area contributed by atoms with E-state index >= 15 is 0 Å². The predicted octanol–water partition coefficient (Wildman–Crippen LogP) is 3.14. The van der Waals surface area contributed by atoms with E-state index in [9.17, 15) is 13.2 Å². The van der Waals surface area contributed by atoms with E-state index in [0.29, 0.717) is 41.9 Å². The monoisotopic (exact) mass is 512 g/mol. The van der Waals surface area contributed by atoms with Crippen LogP contribution in [0.25, 0.3) is 16.6 Å². The Bertz CT molecular complexity index is 1400. The van der Waals surface area contributed by atoms with Crippen molar-refractivity contribution in [3.05, 3.63) is 53.2 Å². The third-order valence-electron chi connectivity index (χ3n) is 7.16. The molecule has 0 unspecified atom stereocenters. The number of ether oxygens (including phenoxy) is 2. The van der Waals surface area contributed by atoms with Crippen molar-refractivity contribution < 1.29 is 22.7 Å². The minimum absolute atomic E-state index is 0.248. The largest absolute Gasteiger partial charge is 0.375 e. The number of hydrogen-bond donors (Lipinski definition) is 1. The lowest BCUT2D eigenvalue weighted by atomic mass is 9.97. The van der Waals surface area contributed by atoms with Gasteiger partial charge in [-0.1, -0.05) is 17.7 Å². The number of amides is 1. The van der Waals surface area contributed by atoms with Gasteiger partial charge in [0.15, 0.2) is 0 Å². The lowest BCUT2D eigenvalue weighted by molar-refractivity contribution is -0.197. The topological polar surface area (TPSA) is 103 Å². The van der Waals surface area contributed by atoms with Crippen LogP contribution in [0.2, 0.25) is 0 Å². The summed E-state index contributed by atoms with van der Waals surface area (Å²) >= 11 is 0. The first-order valence-electron chi connectivity index (χ1n) is 12.1. The average molecular weight is 513 g/mol. The first kappa shape index (κ1) is 24.7. The van der Waals surface area contributed by atoms with Crippen molar-refractivity contribution >= 4 is 32.5 Å². The zero-order valence-corrected chi connectivity index (χ0v) is 21.9. The molecule has 2 aromatic carbocycles. The molecule has 2 fully saturated rings. The Kier molecular flexibility index (Phi) is 6.30. The number of anilines is 1. The summed E-state index contributed by atoms with van der Waals surface area (Å²) in [6.07, 6.45) is 3.70. The SMILES string of the molecule is CNC(=O)c1c2cc(C3CC3)c(N(CCC3(OC)COC3)S(C)(=O)=O)cc2nn1-c1ccc(C)cc1. The number of hydrogen-bond acceptors (Lipinski definition) is 6. The highest BCUT2D eigenvalue weighted by molar-refractivity contribution is 7.92. The molecule has 0 radical (unpaired) electrons. The fourth-order valence-corrected chi connectivity index (χ4v) is 5.69. The fraction of sp³-hybridized carbons (Fsp3) is 0.462. The Morgan fingerprint density at radius 1 is 1.25 bits per heavy atom. The van der Waals surface area contributed by atoms with E-state index in [0.717, 1.165) is 29.7 Å². The van der Waals surface area contributed by atoms with Gasteiger partial charge >= 0.3 is 0 Å². The Morgan fingerprint density at radius 3 is 2.47 bits per heavy atom. The summed E-state index contributed by atoms with van der Waals surface area (Å²) < 4.78 is 40.1. The van der Waals surface area contributed by atoms with Crippen LogP contribution in [0.1, 0.15) is 46.8 Å². The molecule has 0 spiro atoms. The van der Waals surface area contributed by atoms with Crippen molar-refractivity contribution in [3.8, 4) is 5.69 Å². The van der Waals surface area contributed by atoms with Gasteiger partial charge in [0.2, 0.25) is 10.0 Å². The maximum Gasteiger partial charge on any atom is 0.270 e. The van der Waals surface area contributed by atoms with Crippen LogP contribution < -0.4 is 9.62 Å². The molecule has 10 heteroatoms. The molecule has 2 aliphatic rings. The number of benzene rings is 2. The number of methoxy groups -OCH3 is 1. The van der Waals surface area contributed by atoms with Gasteiger partial charge in [0.05, 0.1) is 36.4 Å². The zero-order valence-electron chi connectivity index (χ0n) is 21.1. The van der Waals surface area contributed by atoms with Gasteiger partial charge in [0.25, 0.3) is 5.91 Å². The summed E-state index contributed by atoms with van der Waals surface area (Å²) in [6, 6.07) is 11.6. The molecule has 2 heterocycles. The van der Waals surface area contributed by atoms with E-state index in [2.05, 4.69) is 5.32 Å². The smallest absolute Gasteiger partial charge is 0.270 e. The molecule has 1 saturated heterocycles. The predicted molar refractivity (Wildman–Crippen MR) is 139 cm³/mol. The highest BCUT2D eigenvalue weighted by Crippen LogP contribution is 2.47. The second-order valence-corrected chi connectivity index (χ2v) is 11.7. The third kappa shape index (κ3) is 4.49. The van der Waals surface area contributed by atoms with Gasteiger partial charge < -0.3 is 14.8 Å². The van der Waals surface area contributed by atoms with Crippen LogP contribution in [0.3, 0.4) is 0 Å². The maximum absolute atomic E-state index is 13.0. The van der Waals surface area contributed by atoms with Crippen molar-refractivity contribution in [3.63, 3.8) is 0 Å². The van der Waals surface area contributed by atoms with Gasteiger partial charge in [-0.2, -0.15) is 5.10 Å². The maximum atomic E-state index is 13.0. The summed E-state index contributed by atoms with van der Waals surface area (Å²) in [6.45, 7) is 3.17. The first-order chi connectivity index (χ1) is 17.2. The number of nitrogens with zero attached hydrogens (tertiary/aromatic N) is 3. The summed E-state index contributed by atoms with van der Waals surface area (Å²) in [5, 5.41) is 8.20. The van der Waals surface area contributed by atoms with Crippen molar-refractivity contribution in [1.29, 1.82) is 0 Å². The molecule has 1 amide bonds. The standard InChI is InChI=1S/C26H32N4O5S/c1-17-5-9-19(10-6-17)30-24(25(31)27-2)21-13-20(18-7-8-18)23(14-22(21)28-30)29(36(4,32)33)12-11-26(34-3)15-35-16-26/h5-6,9-10,13-14,18H,7-8,11-12,15-16H2,1-4H3,(H,27,31). The van der Waals surface area contributed by atoms with Crippen LogP contribution >= 0.6 is 0 Å². The molecule has 9 nitrogen and oxygen atoms in total. The molecule has 5 rings (SSSR count). The Labute approximate surface area is 211 Å². The molecule has 3 aromatic rings. The van der Waals surface area contributed by atoms with Crippen molar-refractivity contribution in [2.24, 2.45) is 0 Å². The number of aromatic nitrogens is 2. The van der Waals surface area contributed by atoms with Gasteiger partial charge in [-0.25, -0.2) is 13.1 Å². The highest BCUT2D eigenvalue weighted by Gasteiger charge is 2.40. The van der Waals surface area contributed by atoms with Crippen LogP contribution in [0.4, 0.5) is 5.69 Å². The number of sulfonamides is 1. The fourth-order valence-electron chi connectivity index (χ4n) is 4.75. The van der Waals surface area contributed by atoms with Gasteiger partial charge in [0.1, 0.15) is 11.3 Å². The molecule has 192 valence electrons. The van der Waals surface area contributed by atoms with E-state index in [1.165, 1.54) is 10.6 Å². The van der Waals surface area contributed by atoms with Crippen LogP contribution in [0, 0.1) is 6.92 Å². The molecule has 0 bridgehead atoms. The number of fused-ring (bicyclic) bond motifs is 1. The van der Waals surface area contributed by atoms with Gasteiger partial charge in [-0.3, -0.25) is 9.10 Å². The molecule has 1 aromatic heterocycles.